The molecule has 176 valence electrons. The minimum Gasteiger partial charge on any atom is -0.483 e. The summed E-state index contributed by atoms with van der Waals surface area (Å²) in [5.41, 5.74) is 6.52. The molecule has 1 aromatic heterocycles. The maximum atomic E-state index is 12.6. The number of carbonyl (C=O) groups excluding carboxylic acids is 1. The number of ether oxygens (including phenoxy) is 1. The van der Waals surface area contributed by atoms with Crippen LogP contribution >= 0.6 is 0 Å². The highest BCUT2D eigenvalue weighted by Gasteiger charge is 2.13. The summed E-state index contributed by atoms with van der Waals surface area (Å²) in [6, 6.07) is 19.8. The Morgan fingerprint density at radius 3 is 2.65 bits per heavy atom. The van der Waals surface area contributed by atoms with Gasteiger partial charge in [0.15, 0.2) is 12.2 Å². The van der Waals surface area contributed by atoms with Gasteiger partial charge < -0.3 is 14.5 Å². The highest BCUT2D eigenvalue weighted by molar-refractivity contribution is 5.92. The molecule has 0 bridgehead atoms. The zero-order chi connectivity index (χ0) is 24.2. The molecule has 5 heteroatoms. The number of carbonyl (C=O) groups is 1. The molecule has 4 rings (SSSR count). The van der Waals surface area contributed by atoms with Crippen LogP contribution in [-0.4, -0.2) is 17.5 Å². The predicted octanol–water partition coefficient (Wildman–Crippen LogP) is 7.46. The zero-order valence-corrected chi connectivity index (χ0v) is 20.5. The third-order valence-corrected chi connectivity index (χ3v) is 6.14. The van der Waals surface area contributed by atoms with Crippen LogP contribution < -0.4 is 10.1 Å². The second-order valence-electron chi connectivity index (χ2n) is 9.17. The molecule has 0 radical (unpaired) electrons. The first-order valence-electron chi connectivity index (χ1n) is 11.9. The van der Waals surface area contributed by atoms with E-state index in [1.54, 1.807) is 0 Å². The van der Waals surface area contributed by atoms with Crippen LogP contribution in [0.25, 0.3) is 22.6 Å². The molecule has 1 N–H and O–H groups in total. The lowest BCUT2D eigenvalue weighted by Gasteiger charge is -2.15. The zero-order valence-electron chi connectivity index (χ0n) is 20.5. The molecular weight excluding hydrogens is 424 g/mol. The van der Waals surface area contributed by atoms with E-state index in [1.165, 1.54) is 5.56 Å². The van der Waals surface area contributed by atoms with Crippen LogP contribution in [0.1, 0.15) is 62.6 Å². The largest absolute Gasteiger partial charge is 0.483 e. The minimum atomic E-state index is -0.218. The monoisotopic (exact) mass is 456 g/mol. The van der Waals surface area contributed by atoms with Gasteiger partial charge in [-0.2, -0.15) is 0 Å². The van der Waals surface area contributed by atoms with Crippen molar-refractivity contribution in [1.82, 2.24) is 4.98 Å². The number of fused-ring (bicyclic) bond motifs is 1. The summed E-state index contributed by atoms with van der Waals surface area (Å²) >= 11 is 0. The van der Waals surface area contributed by atoms with Crippen LogP contribution in [0.2, 0.25) is 0 Å². The van der Waals surface area contributed by atoms with Crippen LogP contribution in [0.15, 0.2) is 65.1 Å². The summed E-state index contributed by atoms with van der Waals surface area (Å²) < 4.78 is 11.9. The van der Waals surface area contributed by atoms with E-state index >= 15 is 0 Å². The molecule has 4 aromatic rings. The molecule has 0 fully saturated rings. The Labute approximate surface area is 201 Å². The lowest BCUT2D eigenvalue weighted by molar-refractivity contribution is -0.118. The quantitative estimate of drug-likeness (QED) is 0.299. The van der Waals surface area contributed by atoms with Crippen LogP contribution in [0.5, 0.6) is 5.75 Å². The standard InChI is InChI=1S/C29H32N2O3/c1-6-20(5)21-11-13-26-25(16-21)31-29(34-26)22-8-7-9-23(15-22)30-28(32)17-33-27-14-19(4)10-12-24(27)18(2)3/h7-16,18,20H,6,17H2,1-5H3,(H,30,32)/t20-/m0/s1. The molecule has 0 unspecified atom stereocenters. The number of nitrogens with zero attached hydrogens (tertiary/aromatic N) is 1. The lowest BCUT2D eigenvalue weighted by Crippen LogP contribution is -2.20. The van der Waals surface area contributed by atoms with Crippen molar-refractivity contribution in [3.05, 3.63) is 77.4 Å². The van der Waals surface area contributed by atoms with E-state index in [9.17, 15) is 4.79 Å². The van der Waals surface area contributed by atoms with Gasteiger partial charge in [0.05, 0.1) is 0 Å². The number of hydrogen-bond donors (Lipinski definition) is 1. The van der Waals surface area contributed by atoms with E-state index in [1.807, 2.05) is 43.3 Å². The summed E-state index contributed by atoms with van der Waals surface area (Å²) in [4.78, 5) is 17.3. The normalized spacial score (nSPS) is 12.2. The number of benzene rings is 3. The molecule has 1 atom stereocenters. The smallest absolute Gasteiger partial charge is 0.262 e. The number of anilines is 1. The molecule has 34 heavy (non-hydrogen) atoms. The van der Waals surface area contributed by atoms with E-state index in [-0.39, 0.29) is 12.5 Å². The summed E-state index contributed by atoms with van der Waals surface area (Å²) in [7, 11) is 0. The van der Waals surface area contributed by atoms with Gasteiger partial charge in [-0.3, -0.25) is 4.79 Å². The van der Waals surface area contributed by atoms with E-state index in [2.05, 4.69) is 62.3 Å². The summed E-state index contributed by atoms with van der Waals surface area (Å²) in [5, 5.41) is 2.92. The molecule has 0 aliphatic rings. The van der Waals surface area contributed by atoms with Gasteiger partial charge in [-0.15, -0.1) is 0 Å². The van der Waals surface area contributed by atoms with E-state index in [4.69, 9.17) is 9.15 Å². The first kappa shape index (κ1) is 23.6. The summed E-state index contributed by atoms with van der Waals surface area (Å²) in [6.07, 6.45) is 1.07. The number of aromatic nitrogens is 1. The molecule has 0 saturated heterocycles. The Hall–Kier alpha value is -3.60. The van der Waals surface area contributed by atoms with Crippen LogP contribution in [0.3, 0.4) is 0 Å². The van der Waals surface area contributed by atoms with Crippen molar-refractivity contribution in [3.8, 4) is 17.2 Å². The van der Waals surface area contributed by atoms with E-state index < -0.39 is 0 Å². The minimum absolute atomic E-state index is 0.0608. The first-order valence-corrected chi connectivity index (χ1v) is 11.9. The fourth-order valence-corrected chi connectivity index (χ4v) is 3.92. The lowest BCUT2D eigenvalue weighted by atomic mass is 9.98. The molecule has 0 spiro atoms. The van der Waals surface area contributed by atoms with Gasteiger partial charge in [-0.25, -0.2) is 4.98 Å². The van der Waals surface area contributed by atoms with Crippen LogP contribution in [-0.2, 0) is 4.79 Å². The number of amides is 1. The summed E-state index contributed by atoms with van der Waals surface area (Å²) in [5.74, 6) is 1.85. The molecule has 1 amide bonds. The van der Waals surface area contributed by atoms with Crippen molar-refractivity contribution in [1.29, 1.82) is 0 Å². The van der Waals surface area contributed by atoms with Crippen LogP contribution in [0.4, 0.5) is 5.69 Å². The maximum Gasteiger partial charge on any atom is 0.262 e. The Morgan fingerprint density at radius 1 is 1.06 bits per heavy atom. The van der Waals surface area contributed by atoms with Gasteiger partial charge in [0, 0.05) is 11.3 Å². The highest BCUT2D eigenvalue weighted by Crippen LogP contribution is 2.30. The van der Waals surface area contributed by atoms with Gasteiger partial charge in [-0.05, 0) is 78.3 Å². The average Bonchev–Trinajstić information content (AvgIpc) is 3.26. The number of nitrogens with one attached hydrogen (secondary N) is 1. The maximum absolute atomic E-state index is 12.6. The molecule has 1 heterocycles. The number of oxazole rings is 1. The van der Waals surface area contributed by atoms with Gasteiger partial charge in [0.25, 0.3) is 5.91 Å². The van der Waals surface area contributed by atoms with Crippen molar-refractivity contribution in [2.24, 2.45) is 0 Å². The third kappa shape index (κ3) is 5.30. The van der Waals surface area contributed by atoms with Gasteiger partial charge in [0.1, 0.15) is 11.3 Å². The second kappa shape index (κ2) is 10.1. The van der Waals surface area contributed by atoms with Gasteiger partial charge in [0.2, 0.25) is 5.89 Å². The molecule has 0 aliphatic heterocycles. The highest BCUT2D eigenvalue weighted by atomic mass is 16.5. The van der Waals surface area contributed by atoms with Crippen molar-refractivity contribution >= 4 is 22.7 Å². The molecular formula is C29H32N2O3. The first-order chi connectivity index (χ1) is 16.3. The van der Waals surface area contributed by atoms with E-state index in [0.29, 0.717) is 23.4 Å². The topological polar surface area (TPSA) is 64.4 Å². The van der Waals surface area contributed by atoms with Gasteiger partial charge in [-0.1, -0.05) is 52.0 Å². The molecule has 0 saturated carbocycles. The summed E-state index contributed by atoms with van der Waals surface area (Å²) in [6.45, 7) is 10.6. The molecule has 0 aliphatic carbocycles. The number of hydrogen-bond acceptors (Lipinski definition) is 4. The van der Waals surface area contributed by atoms with Crippen molar-refractivity contribution in [2.75, 3.05) is 11.9 Å². The second-order valence-corrected chi connectivity index (χ2v) is 9.17. The number of aryl methyl sites for hydroxylation is 1. The molecule has 3 aromatic carbocycles. The number of rotatable bonds is 8. The Morgan fingerprint density at radius 2 is 1.88 bits per heavy atom. The van der Waals surface area contributed by atoms with Crippen molar-refractivity contribution < 1.29 is 13.9 Å². The fourth-order valence-electron chi connectivity index (χ4n) is 3.92. The average molecular weight is 457 g/mol. The van der Waals surface area contributed by atoms with Crippen molar-refractivity contribution in [3.63, 3.8) is 0 Å². The predicted molar refractivity (Wildman–Crippen MR) is 138 cm³/mol. The fraction of sp³-hybridized carbons (Fsp3) is 0.310. The van der Waals surface area contributed by atoms with Crippen LogP contribution in [0, 0.1) is 6.92 Å². The Balaban J connectivity index is 1.47. The Bertz CT molecular complexity index is 1310. The Kier molecular flexibility index (Phi) is 7.01. The van der Waals surface area contributed by atoms with E-state index in [0.717, 1.165) is 40.0 Å². The van der Waals surface area contributed by atoms with Crippen molar-refractivity contribution in [2.45, 2.75) is 52.9 Å². The molecule has 5 nitrogen and oxygen atoms in total. The van der Waals surface area contributed by atoms with Gasteiger partial charge >= 0.3 is 0 Å². The SMILES string of the molecule is CC[C@H](C)c1ccc2oc(-c3cccc(NC(=O)COc4cc(C)ccc4C(C)C)c3)nc2c1. The third-order valence-electron chi connectivity index (χ3n) is 6.14.